The van der Waals surface area contributed by atoms with E-state index in [1.165, 1.54) is 4.31 Å². The number of sulfonamides is 1. The molecule has 6 nitrogen and oxygen atoms in total. The molecule has 0 bridgehead atoms. The molecule has 1 heterocycles. The van der Waals surface area contributed by atoms with Gasteiger partial charge in [-0.05, 0) is 6.42 Å². The lowest BCUT2D eigenvalue weighted by Gasteiger charge is -2.12. The minimum Gasteiger partial charge on any atom is -0.370 e. The Kier molecular flexibility index (Phi) is 7.71. The Balaban J connectivity index is 0.00000256. The first-order valence-electron chi connectivity index (χ1n) is 5.19. The van der Waals surface area contributed by atoms with Crippen molar-refractivity contribution in [3.8, 4) is 0 Å². The van der Waals surface area contributed by atoms with Gasteiger partial charge < -0.3 is 11.1 Å². The molecule has 1 saturated heterocycles. The fourth-order valence-corrected chi connectivity index (χ4v) is 2.98. The minimum atomic E-state index is -3.02. The van der Waals surface area contributed by atoms with Gasteiger partial charge in [0.1, 0.15) is 0 Å². The summed E-state index contributed by atoms with van der Waals surface area (Å²) in [4.78, 5) is 4.02. The summed E-state index contributed by atoms with van der Waals surface area (Å²) in [6, 6.07) is 0. The highest BCUT2D eigenvalue weighted by Gasteiger charge is 2.27. The molecule has 0 aromatic carbocycles. The van der Waals surface area contributed by atoms with Crippen LogP contribution in [0, 0.1) is 0 Å². The van der Waals surface area contributed by atoms with Crippen molar-refractivity contribution in [3.63, 3.8) is 0 Å². The van der Waals surface area contributed by atoms with Gasteiger partial charge >= 0.3 is 0 Å². The molecular weight excluding hydrogens is 355 g/mol. The van der Waals surface area contributed by atoms with E-state index in [4.69, 9.17) is 5.73 Å². The second kappa shape index (κ2) is 7.88. The Bertz CT molecular complexity index is 369. The highest BCUT2D eigenvalue weighted by Crippen LogP contribution is 2.11. The number of aliphatic imine (C=N–C) groups is 1. The van der Waals surface area contributed by atoms with Crippen LogP contribution in [0.15, 0.2) is 17.6 Å². The van der Waals surface area contributed by atoms with Crippen LogP contribution in [-0.2, 0) is 10.0 Å². The zero-order valence-electron chi connectivity index (χ0n) is 9.63. The summed E-state index contributed by atoms with van der Waals surface area (Å²) in [5, 5.41) is 2.82. The summed E-state index contributed by atoms with van der Waals surface area (Å²) in [5.74, 6) is 0.567. The Morgan fingerprint density at radius 1 is 1.59 bits per heavy atom. The molecule has 0 saturated carbocycles. The van der Waals surface area contributed by atoms with Crippen LogP contribution in [0.5, 0.6) is 0 Å². The molecule has 17 heavy (non-hydrogen) atoms. The van der Waals surface area contributed by atoms with Crippen LogP contribution in [0.3, 0.4) is 0 Å². The van der Waals surface area contributed by atoms with E-state index in [0.717, 1.165) is 0 Å². The van der Waals surface area contributed by atoms with E-state index in [2.05, 4.69) is 16.9 Å². The summed E-state index contributed by atoms with van der Waals surface area (Å²) in [6.45, 7) is 5.47. The number of hydrogen-bond acceptors (Lipinski definition) is 3. The standard InChI is InChI=1S/C9H18N4O2S.HI/c1-2-4-11-9(10)12-5-7-13-6-3-8-16(13,14)15;/h2H,1,3-8H2,(H3,10,11,12);1H. The highest BCUT2D eigenvalue weighted by molar-refractivity contribution is 14.0. The van der Waals surface area contributed by atoms with Gasteiger partial charge in [0.15, 0.2) is 5.96 Å². The maximum absolute atomic E-state index is 11.4. The quantitative estimate of drug-likeness (QED) is 0.300. The molecule has 1 rings (SSSR count). The van der Waals surface area contributed by atoms with Crippen molar-refractivity contribution < 1.29 is 8.42 Å². The molecule has 0 aromatic heterocycles. The Hall–Kier alpha value is -0.350. The summed E-state index contributed by atoms with van der Waals surface area (Å²) < 4.78 is 24.3. The van der Waals surface area contributed by atoms with Gasteiger partial charge in [0.25, 0.3) is 0 Å². The van der Waals surface area contributed by atoms with Gasteiger partial charge in [-0.15, -0.1) is 30.6 Å². The smallest absolute Gasteiger partial charge is 0.214 e. The van der Waals surface area contributed by atoms with Crippen LogP contribution >= 0.6 is 24.0 Å². The maximum atomic E-state index is 11.4. The van der Waals surface area contributed by atoms with Gasteiger partial charge in [-0.1, -0.05) is 6.08 Å². The lowest BCUT2D eigenvalue weighted by atomic mass is 10.5. The van der Waals surface area contributed by atoms with E-state index in [-0.39, 0.29) is 29.7 Å². The average molecular weight is 374 g/mol. The molecule has 0 atom stereocenters. The molecule has 0 radical (unpaired) electrons. The topological polar surface area (TPSA) is 87.8 Å². The van der Waals surface area contributed by atoms with Gasteiger partial charge in [-0.2, -0.15) is 0 Å². The molecule has 0 aliphatic carbocycles. The zero-order chi connectivity index (χ0) is 12.0. The van der Waals surface area contributed by atoms with Crippen molar-refractivity contribution in [1.82, 2.24) is 9.62 Å². The summed E-state index contributed by atoms with van der Waals surface area (Å²) in [6.07, 6.45) is 2.38. The Labute approximate surface area is 119 Å². The number of hydrogen-bond donors (Lipinski definition) is 2. The third kappa shape index (κ3) is 5.68. The van der Waals surface area contributed by atoms with Gasteiger partial charge in [-0.3, -0.25) is 4.99 Å². The molecule has 0 spiro atoms. The molecule has 1 fully saturated rings. The number of halogens is 1. The van der Waals surface area contributed by atoms with Gasteiger partial charge in [-0.25, -0.2) is 12.7 Å². The molecule has 0 unspecified atom stereocenters. The fraction of sp³-hybridized carbons (Fsp3) is 0.667. The third-order valence-electron chi connectivity index (χ3n) is 2.26. The first-order valence-corrected chi connectivity index (χ1v) is 6.79. The van der Waals surface area contributed by atoms with E-state index in [1.807, 2.05) is 0 Å². The van der Waals surface area contributed by atoms with Crippen molar-refractivity contribution in [2.24, 2.45) is 10.7 Å². The Morgan fingerprint density at radius 3 is 2.82 bits per heavy atom. The van der Waals surface area contributed by atoms with Gasteiger partial charge in [0.05, 0.1) is 12.3 Å². The van der Waals surface area contributed by atoms with Crippen molar-refractivity contribution in [1.29, 1.82) is 0 Å². The molecule has 0 amide bonds. The zero-order valence-corrected chi connectivity index (χ0v) is 12.8. The van der Waals surface area contributed by atoms with Crippen molar-refractivity contribution in [2.75, 3.05) is 31.9 Å². The van der Waals surface area contributed by atoms with Gasteiger partial charge in [0.2, 0.25) is 10.0 Å². The second-order valence-electron chi connectivity index (χ2n) is 3.51. The van der Waals surface area contributed by atoms with E-state index in [1.54, 1.807) is 6.08 Å². The van der Waals surface area contributed by atoms with Crippen LogP contribution in [0.1, 0.15) is 6.42 Å². The number of nitrogens with one attached hydrogen (secondary N) is 1. The van der Waals surface area contributed by atoms with E-state index in [9.17, 15) is 8.42 Å². The minimum absolute atomic E-state index is 0. The van der Waals surface area contributed by atoms with Crippen LogP contribution < -0.4 is 11.1 Å². The predicted octanol–water partition coefficient (Wildman–Crippen LogP) is -0.270. The normalized spacial score (nSPS) is 19.6. The van der Waals surface area contributed by atoms with Crippen LogP contribution in [0.2, 0.25) is 0 Å². The monoisotopic (exact) mass is 374 g/mol. The van der Waals surface area contributed by atoms with E-state index < -0.39 is 10.0 Å². The van der Waals surface area contributed by atoms with Crippen LogP contribution in [0.4, 0.5) is 0 Å². The van der Waals surface area contributed by atoms with Gasteiger partial charge in [0, 0.05) is 19.6 Å². The first kappa shape index (κ1) is 16.6. The molecular formula is C9H19IN4O2S. The summed E-state index contributed by atoms with van der Waals surface area (Å²) >= 11 is 0. The van der Waals surface area contributed by atoms with Crippen LogP contribution in [-0.4, -0.2) is 50.6 Å². The largest absolute Gasteiger partial charge is 0.370 e. The average Bonchev–Trinajstić information content (AvgIpc) is 2.55. The summed E-state index contributed by atoms with van der Waals surface area (Å²) in [7, 11) is -3.02. The van der Waals surface area contributed by atoms with E-state index in [0.29, 0.717) is 38.6 Å². The highest BCUT2D eigenvalue weighted by atomic mass is 127. The number of guanidine groups is 1. The van der Waals surface area contributed by atoms with Crippen LogP contribution in [0.25, 0.3) is 0 Å². The Morgan fingerprint density at radius 2 is 2.29 bits per heavy atom. The molecule has 1 aliphatic heterocycles. The lowest BCUT2D eigenvalue weighted by Crippen LogP contribution is -2.33. The molecule has 8 heteroatoms. The van der Waals surface area contributed by atoms with Crippen molar-refractivity contribution in [2.45, 2.75) is 6.42 Å². The second-order valence-corrected chi connectivity index (χ2v) is 5.59. The SMILES string of the molecule is C=CCNC(N)=NCCN1CCCS1(=O)=O.I. The molecule has 0 aromatic rings. The maximum Gasteiger partial charge on any atom is 0.214 e. The summed E-state index contributed by atoms with van der Waals surface area (Å²) in [5.41, 5.74) is 5.54. The van der Waals surface area contributed by atoms with Crippen molar-refractivity contribution in [3.05, 3.63) is 12.7 Å². The lowest BCUT2D eigenvalue weighted by molar-refractivity contribution is 0.452. The first-order chi connectivity index (χ1) is 7.56. The number of nitrogens with zero attached hydrogens (tertiary/aromatic N) is 2. The molecule has 100 valence electrons. The number of nitrogens with two attached hydrogens (primary N) is 1. The third-order valence-corrected chi connectivity index (χ3v) is 4.22. The predicted molar refractivity (Wildman–Crippen MR) is 80.1 cm³/mol. The molecule has 3 N–H and O–H groups in total. The number of rotatable bonds is 5. The molecule has 1 aliphatic rings. The van der Waals surface area contributed by atoms with Crippen molar-refractivity contribution >= 4 is 40.0 Å². The fourth-order valence-electron chi connectivity index (χ4n) is 1.46. The van der Waals surface area contributed by atoms with E-state index >= 15 is 0 Å².